The first-order valence-electron chi connectivity index (χ1n) is 8.57. The van der Waals surface area contributed by atoms with E-state index in [1.54, 1.807) is 37.3 Å². The minimum Gasteiger partial charge on any atom is -0.497 e. The second kappa shape index (κ2) is 10.0. The van der Waals surface area contributed by atoms with Crippen molar-refractivity contribution in [3.63, 3.8) is 0 Å². The van der Waals surface area contributed by atoms with Gasteiger partial charge in [0.05, 0.1) is 25.3 Å². The molecule has 27 heavy (non-hydrogen) atoms. The number of hydrogen-bond acceptors (Lipinski definition) is 4. The smallest absolute Gasteiger partial charge is 0.254 e. The highest BCUT2D eigenvalue weighted by molar-refractivity contribution is 9.10. The van der Waals surface area contributed by atoms with E-state index in [0.717, 1.165) is 11.3 Å². The van der Waals surface area contributed by atoms with Gasteiger partial charge in [-0.1, -0.05) is 18.2 Å². The first-order valence-corrected chi connectivity index (χ1v) is 9.36. The van der Waals surface area contributed by atoms with Crippen molar-refractivity contribution >= 4 is 21.8 Å². The van der Waals surface area contributed by atoms with E-state index in [-0.39, 0.29) is 5.91 Å². The Hall–Kier alpha value is -2.47. The predicted octanol–water partition coefficient (Wildman–Crippen LogP) is 4.69. The molecule has 2 aromatic carbocycles. The Kier molecular flexibility index (Phi) is 7.73. The lowest BCUT2D eigenvalue weighted by Crippen LogP contribution is -2.30. The summed E-state index contributed by atoms with van der Waals surface area (Å²) in [6.07, 6.45) is 1.71. The third-order valence-electron chi connectivity index (χ3n) is 3.93. The van der Waals surface area contributed by atoms with E-state index in [1.807, 2.05) is 31.2 Å². The highest BCUT2D eigenvalue weighted by Gasteiger charge is 2.20. The SMILES string of the molecule is C=CCN(Cc1ccc(OC)cc1)C(=O)c1cc(Br)c(OCC)c(OC)c1. The first kappa shape index (κ1) is 20.8. The van der Waals surface area contributed by atoms with Gasteiger partial charge >= 0.3 is 0 Å². The molecule has 0 fully saturated rings. The van der Waals surface area contributed by atoms with Gasteiger partial charge in [-0.05, 0) is 52.7 Å². The number of halogens is 1. The molecule has 0 saturated heterocycles. The van der Waals surface area contributed by atoms with E-state index in [0.29, 0.717) is 41.2 Å². The average molecular weight is 434 g/mol. The maximum atomic E-state index is 13.1. The molecule has 1 amide bonds. The molecule has 0 aliphatic rings. The highest BCUT2D eigenvalue weighted by atomic mass is 79.9. The Labute approximate surface area is 168 Å². The normalized spacial score (nSPS) is 10.2. The third-order valence-corrected chi connectivity index (χ3v) is 4.52. The van der Waals surface area contributed by atoms with E-state index in [4.69, 9.17) is 14.2 Å². The molecule has 0 radical (unpaired) electrons. The zero-order chi connectivity index (χ0) is 19.8. The number of hydrogen-bond donors (Lipinski definition) is 0. The van der Waals surface area contributed by atoms with E-state index >= 15 is 0 Å². The second-order valence-corrected chi connectivity index (χ2v) is 6.60. The van der Waals surface area contributed by atoms with Crippen molar-refractivity contribution in [2.75, 3.05) is 27.4 Å². The Bertz CT molecular complexity index is 790. The van der Waals surface area contributed by atoms with Crippen LogP contribution in [0.3, 0.4) is 0 Å². The molecule has 0 atom stereocenters. The lowest BCUT2D eigenvalue weighted by molar-refractivity contribution is 0.0762. The Morgan fingerprint density at radius 2 is 1.89 bits per heavy atom. The van der Waals surface area contributed by atoms with Crippen molar-refractivity contribution in [3.8, 4) is 17.2 Å². The summed E-state index contributed by atoms with van der Waals surface area (Å²) in [5.74, 6) is 1.76. The maximum Gasteiger partial charge on any atom is 0.254 e. The molecule has 0 bridgehead atoms. The summed E-state index contributed by atoms with van der Waals surface area (Å²) in [5.41, 5.74) is 1.51. The second-order valence-electron chi connectivity index (χ2n) is 5.74. The van der Waals surface area contributed by atoms with Gasteiger partial charge < -0.3 is 19.1 Å². The number of amides is 1. The summed E-state index contributed by atoms with van der Waals surface area (Å²) in [6.45, 7) is 7.05. The van der Waals surface area contributed by atoms with Crippen LogP contribution in [0, 0.1) is 0 Å². The summed E-state index contributed by atoms with van der Waals surface area (Å²) in [7, 11) is 3.18. The lowest BCUT2D eigenvalue weighted by Gasteiger charge is -2.22. The molecule has 2 aromatic rings. The van der Waals surface area contributed by atoms with Gasteiger partial charge in [0.2, 0.25) is 0 Å². The fourth-order valence-corrected chi connectivity index (χ4v) is 3.19. The lowest BCUT2D eigenvalue weighted by atomic mass is 10.1. The minimum atomic E-state index is -0.118. The number of ether oxygens (including phenoxy) is 3. The largest absolute Gasteiger partial charge is 0.497 e. The van der Waals surface area contributed by atoms with E-state index in [1.165, 1.54) is 0 Å². The molecule has 144 valence electrons. The van der Waals surface area contributed by atoms with E-state index in [2.05, 4.69) is 22.5 Å². The number of rotatable bonds is 9. The first-order chi connectivity index (χ1) is 13.0. The van der Waals surface area contributed by atoms with Crippen LogP contribution in [0.5, 0.6) is 17.2 Å². The maximum absolute atomic E-state index is 13.1. The monoisotopic (exact) mass is 433 g/mol. The van der Waals surface area contributed by atoms with Crippen LogP contribution < -0.4 is 14.2 Å². The van der Waals surface area contributed by atoms with Crippen molar-refractivity contribution in [3.05, 3.63) is 64.7 Å². The summed E-state index contributed by atoms with van der Waals surface area (Å²) in [6, 6.07) is 11.1. The minimum absolute atomic E-state index is 0.118. The van der Waals surface area contributed by atoms with Crippen LogP contribution in [0.4, 0.5) is 0 Å². The van der Waals surface area contributed by atoms with E-state index in [9.17, 15) is 4.79 Å². The van der Waals surface area contributed by atoms with Crippen molar-refractivity contribution in [2.24, 2.45) is 0 Å². The van der Waals surface area contributed by atoms with Crippen molar-refractivity contribution in [1.29, 1.82) is 0 Å². The summed E-state index contributed by atoms with van der Waals surface area (Å²) in [5, 5.41) is 0. The molecule has 2 rings (SSSR count). The molecule has 0 spiro atoms. The Balaban J connectivity index is 2.29. The molecule has 0 heterocycles. The number of carbonyl (C=O) groups excluding carboxylic acids is 1. The van der Waals surface area contributed by atoms with Gasteiger partial charge in [-0.3, -0.25) is 4.79 Å². The molecule has 0 aliphatic heterocycles. The molecular weight excluding hydrogens is 410 g/mol. The molecule has 0 aromatic heterocycles. The van der Waals surface area contributed by atoms with Crippen LogP contribution in [0.15, 0.2) is 53.5 Å². The fourth-order valence-electron chi connectivity index (χ4n) is 2.64. The standard InChI is InChI=1S/C21H24BrNO4/c1-5-11-23(14-15-7-9-17(25-3)10-8-15)21(24)16-12-18(22)20(27-6-2)19(13-16)26-4/h5,7-10,12-13H,1,6,11,14H2,2-4H3. The molecular formula is C21H24BrNO4. The van der Waals surface area contributed by atoms with Crippen molar-refractivity contribution < 1.29 is 19.0 Å². The van der Waals surface area contributed by atoms with Gasteiger partial charge in [0.15, 0.2) is 11.5 Å². The van der Waals surface area contributed by atoms with Gasteiger partial charge in [-0.15, -0.1) is 6.58 Å². The quantitative estimate of drug-likeness (QED) is 0.538. The molecule has 5 nitrogen and oxygen atoms in total. The molecule has 0 aliphatic carbocycles. The molecule has 0 unspecified atom stereocenters. The molecule has 0 N–H and O–H groups in total. The highest BCUT2D eigenvalue weighted by Crippen LogP contribution is 2.37. The fraction of sp³-hybridized carbons (Fsp3) is 0.286. The zero-order valence-corrected chi connectivity index (χ0v) is 17.4. The van der Waals surface area contributed by atoms with Crippen molar-refractivity contribution in [2.45, 2.75) is 13.5 Å². The zero-order valence-electron chi connectivity index (χ0n) is 15.8. The Morgan fingerprint density at radius 3 is 2.44 bits per heavy atom. The number of benzene rings is 2. The van der Waals surface area contributed by atoms with Crippen LogP contribution in [0.1, 0.15) is 22.8 Å². The van der Waals surface area contributed by atoms with Crippen LogP contribution in [0.25, 0.3) is 0 Å². The van der Waals surface area contributed by atoms with Gasteiger partial charge in [0, 0.05) is 18.7 Å². The molecule has 0 saturated carbocycles. The predicted molar refractivity (Wildman–Crippen MR) is 110 cm³/mol. The van der Waals surface area contributed by atoms with Crippen LogP contribution >= 0.6 is 15.9 Å². The Morgan fingerprint density at radius 1 is 1.19 bits per heavy atom. The molecule has 6 heteroatoms. The number of carbonyl (C=O) groups is 1. The van der Waals surface area contributed by atoms with Crippen LogP contribution in [-0.4, -0.2) is 38.2 Å². The summed E-state index contributed by atoms with van der Waals surface area (Å²) in [4.78, 5) is 14.8. The summed E-state index contributed by atoms with van der Waals surface area (Å²) >= 11 is 3.47. The van der Waals surface area contributed by atoms with E-state index < -0.39 is 0 Å². The van der Waals surface area contributed by atoms with Gasteiger partial charge in [0.1, 0.15) is 5.75 Å². The van der Waals surface area contributed by atoms with Crippen LogP contribution in [-0.2, 0) is 6.54 Å². The third kappa shape index (κ3) is 5.26. The van der Waals surface area contributed by atoms with Crippen LogP contribution in [0.2, 0.25) is 0 Å². The topological polar surface area (TPSA) is 48.0 Å². The van der Waals surface area contributed by atoms with Crippen molar-refractivity contribution in [1.82, 2.24) is 4.90 Å². The summed E-state index contributed by atoms with van der Waals surface area (Å²) < 4.78 is 16.8. The average Bonchev–Trinajstić information content (AvgIpc) is 2.69. The van der Waals surface area contributed by atoms with Gasteiger partial charge in [-0.2, -0.15) is 0 Å². The van der Waals surface area contributed by atoms with Gasteiger partial charge in [0.25, 0.3) is 5.91 Å². The number of nitrogens with zero attached hydrogens (tertiary/aromatic N) is 1. The number of methoxy groups -OCH3 is 2. The van der Waals surface area contributed by atoms with Gasteiger partial charge in [-0.25, -0.2) is 0 Å².